The van der Waals surface area contributed by atoms with E-state index in [1.165, 1.54) is 0 Å². The van der Waals surface area contributed by atoms with Crippen molar-refractivity contribution in [2.24, 2.45) is 5.10 Å². The molecule has 0 fully saturated rings. The van der Waals surface area contributed by atoms with E-state index in [2.05, 4.69) is 10.5 Å². The SMILES string of the molecule is Clc1ccc(-c2c/c(=N/Nc3ccccc3)c3ccccc3o2)cc1. The third kappa shape index (κ3) is 3.42. The molecule has 25 heavy (non-hydrogen) atoms. The van der Waals surface area contributed by atoms with Gasteiger partial charge in [-0.25, -0.2) is 0 Å². The Kier molecular flexibility index (Phi) is 4.23. The number of halogens is 1. The van der Waals surface area contributed by atoms with Crippen molar-refractivity contribution in [2.75, 3.05) is 5.43 Å². The molecule has 0 saturated carbocycles. The molecule has 0 amide bonds. The third-order valence-electron chi connectivity index (χ3n) is 3.86. The van der Waals surface area contributed by atoms with Gasteiger partial charge in [0.15, 0.2) is 0 Å². The van der Waals surface area contributed by atoms with Crippen molar-refractivity contribution in [1.82, 2.24) is 0 Å². The number of fused-ring (bicyclic) bond motifs is 1. The van der Waals surface area contributed by atoms with Crippen molar-refractivity contribution in [3.8, 4) is 11.3 Å². The molecule has 0 bridgehead atoms. The van der Waals surface area contributed by atoms with Gasteiger partial charge in [-0.1, -0.05) is 41.9 Å². The van der Waals surface area contributed by atoms with Gasteiger partial charge < -0.3 is 4.42 Å². The van der Waals surface area contributed by atoms with Crippen LogP contribution in [-0.2, 0) is 0 Å². The molecule has 4 heteroatoms. The second-order valence-electron chi connectivity index (χ2n) is 5.59. The molecule has 3 aromatic carbocycles. The van der Waals surface area contributed by atoms with Gasteiger partial charge in [0.05, 0.1) is 11.0 Å². The maximum atomic E-state index is 6.05. The van der Waals surface area contributed by atoms with Gasteiger partial charge in [0, 0.05) is 22.0 Å². The number of nitrogens with zero attached hydrogens (tertiary/aromatic N) is 1. The summed E-state index contributed by atoms with van der Waals surface area (Å²) in [5.74, 6) is 0.740. The van der Waals surface area contributed by atoms with Crippen LogP contribution in [0.4, 0.5) is 5.69 Å². The molecular formula is C21H15ClN2O. The molecule has 1 aromatic heterocycles. The van der Waals surface area contributed by atoms with Crippen LogP contribution in [-0.4, -0.2) is 0 Å². The highest BCUT2D eigenvalue weighted by Crippen LogP contribution is 2.23. The summed E-state index contributed by atoms with van der Waals surface area (Å²) in [6, 6.07) is 27.2. The van der Waals surface area contributed by atoms with Gasteiger partial charge in [-0.15, -0.1) is 0 Å². The van der Waals surface area contributed by atoms with E-state index in [0.717, 1.165) is 33.3 Å². The highest BCUT2D eigenvalue weighted by Gasteiger charge is 2.05. The first-order valence-corrected chi connectivity index (χ1v) is 8.31. The van der Waals surface area contributed by atoms with Gasteiger partial charge in [0.1, 0.15) is 11.3 Å². The standard InChI is InChI=1S/C21H15ClN2O/c22-16-12-10-15(11-13-16)21-14-19(18-8-4-5-9-20(18)25-21)24-23-17-6-2-1-3-7-17/h1-14,23H/b24-19-. The van der Waals surface area contributed by atoms with Crippen LogP contribution >= 0.6 is 11.6 Å². The van der Waals surface area contributed by atoms with Gasteiger partial charge in [-0.3, -0.25) is 5.43 Å². The minimum absolute atomic E-state index is 0.695. The van der Waals surface area contributed by atoms with Crippen molar-refractivity contribution in [3.63, 3.8) is 0 Å². The Labute approximate surface area is 150 Å². The molecule has 4 rings (SSSR count). The van der Waals surface area contributed by atoms with Gasteiger partial charge in [-0.05, 0) is 48.5 Å². The largest absolute Gasteiger partial charge is 0.456 e. The monoisotopic (exact) mass is 346 g/mol. The van der Waals surface area contributed by atoms with Crippen LogP contribution in [0.15, 0.2) is 94.4 Å². The minimum Gasteiger partial charge on any atom is -0.456 e. The van der Waals surface area contributed by atoms with Crippen LogP contribution < -0.4 is 10.8 Å². The van der Waals surface area contributed by atoms with Gasteiger partial charge in [-0.2, -0.15) is 5.10 Å². The minimum atomic E-state index is 0.695. The van der Waals surface area contributed by atoms with Crippen LogP contribution in [0.2, 0.25) is 5.02 Å². The maximum absolute atomic E-state index is 6.05. The number of para-hydroxylation sites is 2. The lowest BCUT2D eigenvalue weighted by Crippen LogP contribution is -2.07. The Morgan fingerprint density at radius 3 is 2.32 bits per heavy atom. The second kappa shape index (κ2) is 6.83. The molecule has 0 saturated heterocycles. The first-order chi connectivity index (χ1) is 12.3. The fourth-order valence-corrected chi connectivity index (χ4v) is 2.73. The van der Waals surface area contributed by atoms with Crippen LogP contribution in [0, 0.1) is 0 Å². The highest BCUT2D eigenvalue weighted by molar-refractivity contribution is 6.30. The molecule has 4 aromatic rings. The van der Waals surface area contributed by atoms with E-state index < -0.39 is 0 Å². The zero-order valence-electron chi connectivity index (χ0n) is 13.3. The zero-order valence-corrected chi connectivity index (χ0v) is 14.1. The summed E-state index contributed by atoms with van der Waals surface area (Å²) in [6.07, 6.45) is 0. The van der Waals surface area contributed by atoms with Gasteiger partial charge in [0.2, 0.25) is 0 Å². The quantitative estimate of drug-likeness (QED) is 0.484. The molecule has 122 valence electrons. The van der Waals surface area contributed by atoms with Gasteiger partial charge in [0.25, 0.3) is 0 Å². The zero-order chi connectivity index (χ0) is 17.1. The van der Waals surface area contributed by atoms with Crippen LogP contribution in [0.1, 0.15) is 0 Å². The summed E-state index contributed by atoms with van der Waals surface area (Å²) in [6.45, 7) is 0. The molecule has 0 aliphatic rings. The molecule has 1 heterocycles. The topological polar surface area (TPSA) is 37.5 Å². The molecule has 0 unspecified atom stereocenters. The van der Waals surface area contributed by atoms with Crippen molar-refractivity contribution >= 4 is 28.3 Å². The van der Waals surface area contributed by atoms with E-state index in [9.17, 15) is 0 Å². The fourth-order valence-electron chi connectivity index (χ4n) is 2.60. The Morgan fingerprint density at radius 2 is 1.52 bits per heavy atom. The van der Waals surface area contributed by atoms with Crippen LogP contribution in [0.5, 0.6) is 0 Å². The second-order valence-corrected chi connectivity index (χ2v) is 6.03. The predicted molar refractivity (Wildman–Crippen MR) is 102 cm³/mol. The Balaban J connectivity index is 1.85. The molecule has 0 spiro atoms. The summed E-state index contributed by atoms with van der Waals surface area (Å²) in [5, 5.41) is 7.03. The summed E-state index contributed by atoms with van der Waals surface area (Å²) in [5.41, 5.74) is 5.77. The van der Waals surface area contributed by atoms with Gasteiger partial charge >= 0.3 is 0 Å². The lowest BCUT2D eigenvalue weighted by Gasteiger charge is -2.06. The van der Waals surface area contributed by atoms with Crippen LogP contribution in [0.3, 0.4) is 0 Å². The van der Waals surface area contributed by atoms with E-state index in [-0.39, 0.29) is 0 Å². The Bertz CT molecular complexity index is 1070. The smallest absolute Gasteiger partial charge is 0.136 e. The van der Waals surface area contributed by atoms with E-state index in [4.69, 9.17) is 16.0 Å². The van der Waals surface area contributed by atoms with Crippen molar-refractivity contribution in [1.29, 1.82) is 0 Å². The van der Waals surface area contributed by atoms with E-state index in [1.54, 1.807) is 0 Å². The molecular weight excluding hydrogens is 332 g/mol. The summed E-state index contributed by atoms with van der Waals surface area (Å²) in [4.78, 5) is 0. The number of nitrogens with one attached hydrogen (secondary N) is 1. The Morgan fingerprint density at radius 1 is 0.800 bits per heavy atom. The summed E-state index contributed by atoms with van der Waals surface area (Å²) >= 11 is 5.98. The number of hydrogen-bond donors (Lipinski definition) is 1. The normalized spacial score (nSPS) is 11.6. The lowest BCUT2D eigenvalue weighted by molar-refractivity contribution is 0.618. The average Bonchev–Trinajstić information content (AvgIpc) is 2.67. The average molecular weight is 347 g/mol. The highest BCUT2D eigenvalue weighted by atomic mass is 35.5. The Hall–Kier alpha value is -3.04. The lowest BCUT2D eigenvalue weighted by atomic mass is 10.1. The first kappa shape index (κ1) is 15.5. The van der Waals surface area contributed by atoms with E-state index in [0.29, 0.717) is 5.02 Å². The summed E-state index contributed by atoms with van der Waals surface area (Å²) < 4.78 is 6.05. The van der Waals surface area contributed by atoms with Crippen molar-refractivity contribution in [2.45, 2.75) is 0 Å². The van der Waals surface area contributed by atoms with E-state index in [1.807, 2.05) is 84.9 Å². The number of benzene rings is 3. The predicted octanol–water partition coefficient (Wildman–Crippen LogP) is 5.68. The molecule has 0 aliphatic carbocycles. The molecule has 3 nitrogen and oxygen atoms in total. The van der Waals surface area contributed by atoms with Crippen molar-refractivity contribution in [3.05, 3.63) is 95.3 Å². The number of rotatable bonds is 3. The fraction of sp³-hybridized carbons (Fsp3) is 0. The molecule has 0 aliphatic heterocycles. The summed E-state index contributed by atoms with van der Waals surface area (Å²) in [7, 11) is 0. The molecule has 1 N–H and O–H groups in total. The molecule has 0 radical (unpaired) electrons. The maximum Gasteiger partial charge on any atom is 0.136 e. The molecule has 0 atom stereocenters. The van der Waals surface area contributed by atoms with Crippen molar-refractivity contribution < 1.29 is 4.42 Å². The first-order valence-electron chi connectivity index (χ1n) is 7.93. The third-order valence-corrected chi connectivity index (χ3v) is 4.11. The van der Waals surface area contributed by atoms with Crippen LogP contribution in [0.25, 0.3) is 22.3 Å². The number of anilines is 1. The number of hydrogen-bond acceptors (Lipinski definition) is 3. The van der Waals surface area contributed by atoms with E-state index >= 15 is 0 Å².